The molecular weight excluding hydrogens is 214 g/mol. The highest BCUT2D eigenvalue weighted by atomic mass is 32.2. The zero-order valence-corrected chi connectivity index (χ0v) is 11.3. The van der Waals surface area contributed by atoms with Crippen LogP contribution in [0.4, 0.5) is 0 Å². The average molecular weight is 235 g/mol. The second-order valence-corrected chi connectivity index (χ2v) is 5.75. The quantitative estimate of drug-likeness (QED) is 0.854. The van der Waals surface area contributed by atoms with Crippen LogP contribution in [0.3, 0.4) is 0 Å². The Morgan fingerprint density at radius 2 is 2.19 bits per heavy atom. The van der Waals surface area contributed by atoms with Gasteiger partial charge in [0.05, 0.1) is 0 Å². The topological polar surface area (TPSA) is 12.0 Å². The van der Waals surface area contributed by atoms with Gasteiger partial charge in [0, 0.05) is 10.9 Å². The third kappa shape index (κ3) is 2.44. The van der Waals surface area contributed by atoms with E-state index in [4.69, 9.17) is 0 Å². The number of aryl methyl sites for hydroxylation is 2. The van der Waals surface area contributed by atoms with Crippen LogP contribution in [0.1, 0.15) is 42.5 Å². The second kappa shape index (κ2) is 5.24. The van der Waals surface area contributed by atoms with E-state index in [0.29, 0.717) is 6.04 Å². The SMILES string of the molecule is CCCNC1CCSc2c(C)cc(C)cc21. The number of rotatable bonds is 3. The highest BCUT2D eigenvalue weighted by Gasteiger charge is 2.21. The average Bonchev–Trinajstić information content (AvgIpc) is 2.26. The van der Waals surface area contributed by atoms with Gasteiger partial charge in [0.25, 0.3) is 0 Å². The van der Waals surface area contributed by atoms with E-state index in [1.807, 2.05) is 11.8 Å². The van der Waals surface area contributed by atoms with Gasteiger partial charge in [0.2, 0.25) is 0 Å². The summed E-state index contributed by atoms with van der Waals surface area (Å²) in [5.74, 6) is 1.25. The summed E-state index contributed by atoms with van der Waals surface area (Å²) in [6.45, 7) is 7.79. The Balaban J connectivity index is 2.30. The number of benzene rings is 1. The number of hydrogen-bond donors (Lipinski definition) is 1. The Morgan fingerprint density at radius 3 is 2.94 bits per heavy atom. The molecule has 1 aliphatic rings. The van der Waals surface area contributed by atoms with Gasteiger partial charge in [0.15, 0.2) is 0 Å². The van der Waals surface area contributed by atoms with Crippen molar-refractivity contribution in [1.82, 2.24) is 5.32 Å². The van der Waals surface area contributed by atoms with Gasteiger partial charge in [-0.2, -0.15) is 0 Å². The van der Waals surface area contributed by atoms with Gasteiger partial charge >= 0.3 is 0 Å². The number of nitrogens with one attached hydrogen (secondary N) is 1. The number of thioether (sulfide) groups is 1. The lowest BCUT2D eigenvalue weighted by molar-refractivity contribution is 0.509. The van der Waals surface area contributed by atoms with Crippen molar-refractivity contribution < 1.29 is 0 Å². The van der Waals surface area contributed by atoms with Crippen molar-refractivity contribution in [2.24, 2.45) is 0 Å². The molecule has 0 saturated heterocycles. The van der Waals surface area contributed by atoms with Crippen molar-refractivity contribution in [3.05, 3.63) is 28.8 Å². The molecule has 1 aromatic rings. The lowest BCUT2D eigenvalue weighted by Gasteiger charge is -2.27. The molecule has 1 nitrogen and oxygen atoms in total. The van der Waals surface area contributed by atoms with Crippen molar-refractivity contribution in [3.8, 4) is 0 Å². The Labute approximate surface area is 103 Å². The van der Waals surface area contributed by atoms with E-state index in [0.717, 1.165) is 6.54 Å². The van der Waals surface area contributed by atoms with Gasteiger partial charge in [-0.1, -0.05) is 24.6 Å². The third-order valence-electron chi connectivity index (χ3n) is 3.12. The minimum atomic E-state index is 0.579. The highest BCUT2D eigenvalue weighted by molar-refractivity contribution is 7.99. The molecule has 0 bridgehead atoms. The minimum absolute atomic E-state index is 0.579. The van der Waals surface area contributed by atoms with Crippen LogP contribution in [-0.4, -0.2) is 12.3 Å². The van der Waals surface area contributed by atoms with Crippen molar-refractivity contribution in [1.29, 1.82) is 0 Å². The lowest BCUT2D eigenvalue weighted by Crippen LogP contribution is -2.25. The summed E-state index contributed by atoms with van der Waals surface area (Å²) >= 11 is 2.02. The van der Waals surface area contributed by atoms with E-state index >= 15 is 0 Å². The van der Waals surface area contributed by atoms with Crippen LogP contribution in [-0.2, 0) is 0 Å². The molecule has 0 fully saturated rings. The van der Waals surface area contributed by atoms with Gasteiger partial charge < -0.3 is 5.32 Å². The van der Waals surface area contributed by atoms with Gasteiger partial charge in [-0.25, -0.2) is 0 Å². The Morgan fingerprint density at radius 1 is 1.38 bits per heavy atom. The van der Waals surface area contributed by atoms with Crippen LogP contribution in [0.25, 0.3) is 0 Å². The summed E-state index contributed by atoms with van der Waals surface area (Å²) in [7, 11) is 0. The molecule has 0 saturated carbocycles. The molecule has 1 N–H and O–H groups in total. The Kier molecular flexibility index (Phi) is 3.93. The number of fused-ring (bicyclic) bond motifs is 1. The maximum absolute atomic E-state index is 3.67. The first-order valence-corrected chi connectivity index (χ1v) is 7.18. The Hall–Kier alpha value is -0.470. The van der Waals surface area contributed by atoms with Crippen molar-refractivity contribution in [3.63, 3.8) is 0 Å². The van der Waals surface area contributed by atoms with Crippen LogP contribution < -0.4 is 5.32 Å². The summed E-state index contributed by atoms with van der Waals surface area (Å²) in [6.07, 6.45) is 2.48. The predicted octanol–water partition coefficient (Wildman–Crippen LogP) is 3.84. The van der Waals surface area contributed by atoms with Gasteiger partial charge in [0.1, 0.15) is 0 Å². The monoisotopic (exact) mass is 235 g/mol. The molecule has 1 unspecified atom stereocenters. The maximum Gasteiger partial charge on any atom is 0.0339 e. The predicted molar refractivity (Wildman–Crippen MR) is 72.3 cm³/mol. The molecule has 0 spiro atoms. The van der Waals surface area contributed by atoms with Crippen LogP contribution in [0.5, 0.6) is 0 Å². The fourth-order valence-electron chi connectivity index (χ4n) is 2.41. The zero-order chi connectivity index (χ0) is 11.5. The molecular formula is C14H21NS. The van der Waals surface area contributed by atoms with Gasteiger partial charge in [-0.05, 0) is 50.1 Å². The molecule has 2 heteroatoms. The molecule has 0 aliphatic carbocycles. The van der Waals surface area contributed by atoms with E-state index in [1.165, 1.54) is 40.2 Å². The standard InChI is InChI=1S/C14H21NS/c1-4-6-15-13-5-7-16-14-11(3)8-10(2)9-12(13)14/h8-9,13,15H,4-7H2,1-3H3. The van der Waals surface area contributed by atoms with E-state index < -0.39 is 0 Å². The molecule has 1 heterocycles. The molecule has 0 radical (unpaired) electrons. The fraction of sp³-hybridized carbons (Fsp3) is 0.571. The molecule has 1 aromatic carbocycles. The van der Waals surface area contributed by atoms with Crippen LogP contribution in [0.15, 0.2) is 17.0 Å². The first kappa shape index (κ1) is 12.0. The summed E-state index contributed by atoms with van der Waals surface area (Å²) in [4.78, 5) is 1.52. The van der Waals surface area contributed by atoms with E-state index in [2.05, 4.69) is 38.2 Å². The number of hydrogen-bond acceptors (Lipinski definition) is 2. The molecule has 88 valence electrons. The maximum atomic E-state index is 3.67. The van der Waals surface area contributed by atoms with Crippen molar-refractivity contribution in [2.75, 3.05) is 12.3 Å². The lowest BCUT2D eigenvalue weighted by atomic mass is 9.98. The minimum Gasteiger partial charge on any atom is -0.310 e. The second-order valence-electron chi connectivity index (χ2n) is 4.64. The normalized spacial score (nSPS) is 19.6. The smallest absolute Gasteiger partial charge is 0.0339 e. The third-order valence-corrected chi connectivity index (χ3v) is 4.40. The Bertz CT molecular complexity index is 373. The summed E-state index contributed by atoms with van der Waals surface area (Å²) in [5, 5.41) is 3.67. The van der Waals surface area contributed by atoms with E-state index in [-0.39, 0.29) is 0 Å². The van der Waals surface area contributed by atoms with Crippen molar-refractivity contribution in [2.45, 2.75) is 44.6 Å². The van der Waals surface area contributed by atoms with Gasteiger partial charge in [-0.3, -0.25) is 0 Å². The molecule has 0 amide bonds. The molecule has 16 heavy (non-hydrogen) atoms. The summed E-state index contributed by atoms with van der Waals surface area (Å²) < 4.78 is 0. The van der Waals surface area contributed by atoms with E-state index in [9.17, 15) is 0 Å². The largest absolute Gasteiger partial charge is 0.310 e. The molecule has 2 rings (SSSR count). The first-order valence-electron chi connectivity index (χ1n) is 6.19. The van der Waals surface area contributed by atoms with Gasteiger partial charge in [-0.15, -0.1) is 11.8 Å². The van der Waals surface area contributed by atoms with E-state index in [1.54, 1.807) is 0 Å². The fourth-order valence-corrected chi connectivity index (χ4v) is 3.62. The van der Waals surface area contributed by atoms with Crippen molar-refractivity contribution >= 4 is 11.8 Å². The van der Waals surface area contributed by atoms with Crippen LogP contribution in [0.2, 0.25) is 0 Å². The highest BCUT2D eigenvalue weighted by Crippen LogP contribution is 2.38. The molecule has 1 atom stereocenters. The summed E-state index contributed by atoms with van der Waals surface area (Å²) in [5.41, 5.74) is 4.37. The first-order chi connectivity index (χ1) is 7.72. The van der Waals surface area contributed by atoms with Crippen LogP contribution in [0, 0.1) is 13.8 Å². The molecule has 1 aliphatic heterocycles. The summed E-state index contributed by atoms with van der Waals surface area (Å²) in [6, 6.07) is 5.24. The molecule has 0 aromatic heterocycles. The van der Waals surface area contributed by atoms with Crippen LogP contribution >= 0.6 is 11.8 Å². The zero-order valence-electron chi connectivity index (χ0n) is 10.5.